The number of carbonyl (C=O) groups is 1. The number of ether oxygens (including phenoxy) is 1. The minimum atomic E-state index is -4.84. The van der Waals surface area contributed by atoms with Crippen LogP contribution in [-0.4, -0.2) is 22.6 Å². The van der Waals surface area contributed by atoms with Gasteiger partial charge in [0.15, 0.2) is 12.0 Å². The fourth-order valence-electron chi connectivity index (χ4n) is 1.34. The Bertz CT molecular complexity index is 533. The van der Waals surface area contributed by atoms with Crippen LogP contribution in [0.3, 0.4) is 0 Å². The molecule has 2 heterocycles. The van der Waals surface area contributed by atoms with Gasteiger partial charge in [-0.15, -0.1) is 13.2 Å². The summed E-state index contributed by atoms with van der Waals surface area (Å²) in [5.74, 6) is -0.602. The predicted molar refractivity (Wildman–Crippen MR) is 48.2 cm³/mol. The van der Waals surface area contributed by atoms with E-state index in [4.69, 9.17) is 0 Å². The third kappa shape index (κ3) is 1.83. The Hall–Kier alpha value is -2.05. The van der Waals surface area contributed by atoms with Crippen LogP contribution in [0.15, 0.2) is 18.5 Å². The van der Waals surface area contributed by atoms with Crippen molar-refractivity contribution in [3.05, 3.63) is 24.0 Å². The maximum absolute atomic E-state index is 12.0. The van der Waals surface area contributed by atoms with Gasteiger partial charge in [-0.05, 0) is 6.07 Å². The van der Waals surface area contributed by atoms with E-state index in [2.05, 4.69) is 14.7 Å². The fraction of sp³-hybridized carbons (Fsp3) is 0.111. The number of alkyl halides is 3. The number of hydrogen-bond donors (Lipinski definition) is 1. The SMILES string of the molecule is O=Cc1c(OC(F)(F)F)cnc2[nH]ccc12. The molecular weight excluding hydrogens is 225 g/mol. The van der Waals surface area contributed by atoms with Crippen molar-refractivity contribution >= 4 is 17.3 Å². The molecule has 0 saturated carbocycles. The number of pyridine rings is 1. The number of aldehydes is 1. The number of halogens is 3. The highest BCUT2D eigenvalue weighted by atomic mass is 19.4. The van der Waals surface area contributed by atoms with Crippen molar-refractivity contribution in [2.75, 3.05) is 0 Å². The van der Waals surface area contributed by atoms with Crippen molar-refractivity contribution in [2.45, 2.75) is 6.36 Å². The highest BCUT2D eigenvalue weighted by molar-refractivity contribution is 5.97. The quantitative estimate of drug-likeness (QED) is 0.805. The molecule has 0 amide bonds. The summed E-state index contributed by atoms with van der Waals surface area (Å²) in [4.78, 5) is 17.1. The van der Waals surface area contributed by atoms with E-state index >= 15 is 0 Å². The topological polar surface area (TPSA) is 55.0 Å². The van der Waals surface area contributed by atoms with Gasteiger partial charge in [0.25, 0.3) is 0 Å². The van der Waals surface area contributed by atoms with Crippen LogP contribution in [0.2, 0.25) is 0 Å². The molecule has 0 aliphatic heterocycles. The second-order valence-corrected chi connectivity index (χ2v) is 2.94. The first-order valence-electron chi connectivity index (χ1n) is 4.18. The third-order valence-electron chi connectivity index (χ3n) is 1.94. The van der Waals surface area contributed by atoms with Gasteiger partial charge in [0.2, 0.25) is 0 Å². The van der Waals surface area contributed by atoms with Crippen LogP contribution >= 0.6 is 0 Å². The first-order chi connectivity index (χ1) is 7.51. The average molecular weight is 230 g/mol. The smallest absolute Gasteiger partial charge is 0.403 e. The third-order valence-corrected chi connectivity index (χ3v) is 1.94. The number of fused-ring (bicyclic) bond motifs is 1. The van der Waals surface area contributed by atoms with E-state index < -0.39 is 12.1 Å². The van der Waals surface area contributed by atoms with Crippen LogP contribution in [0.25, 0.3) is 11.0 Å². The lowest BCUT2D eigenvalue weighted by molar-refractivity contribution is -0.274. The molecule has 0 unspecified atom stereocenters. The van der Waals surface area contributed by atoms with Crippen molar-refractivity contribution < 1.29 is 22.7 Å². The molecule has 0 aliphatic rings. The number of carbonyl (C=O) groups excluding carboxylic acids is 1. The van der Waals surface area contributed by atoms with Gasteiger partial charge in [-0.25, -0.2) is 4.98 Å². The van der Waals surface area contributed by atoms with Crippen LogP contribution in [-0.2, 0) is 0 Å². The average Bonchev–Trinajstić information content (AvgIpc) is 2.62. The number of H-pyrrole nitrogens is 1. The highest BCUT2D eigenvalue weighted by Crippen LogP contribution is 2.28. The molecule has 84 valence electrons. The Kier molecular flexibility index (Phi) is 2.30. The van der Waals surface area contributed by atoms with Crippen LogP contribution in [0.4, 0.5) is 13.2 Å². The van der Waals surface area contributed by atoms with Gasteiger partial charge < -0.3 is 9.72 Å². The fourth-order valence-corrected chi connectivity index (χ4v) is 1.34. The largest absolute Gasteiger partial charge is 0.573 e. The summed E-state index contributed by atoms with van der Waals surface area (Å²) in [5.41, 5.74) is 0.153. The Labute approximate surface area is 87.0 Å². The summed E-state index contributed by atoms with van der Waals surface area (Å²) in [7, 11) is 0. The zero-order chi connectivity index (χ0) is 11.8. The van der Waals surface area contributed by atoms with Gasteiger partial charge in [0, 0.05) is 11.6 Å². The van der Waals surface area contributed by atoms with Gasteiger partial charge in [-0.1, -0.05) is 0 Å². The van der Waals surface area contributed by atoms with E-state index in [0.717, 1.165) is 6.20 Å². The number of nitrogens with one attached hydrogen (secondary N) is 1. The Morgan fingerprint density at radius 3 is 2.81 bits per heavy atom. The number of rotatable bonds is 2. The van der Waals surface area contributed by atoms with Gasteiger partial charge in [0.05, 0.1) is 11.8 Å². The van der Waals surface area contributed by atoms with E-state index in [-0.39, 0.29) is 10.9 Å². The van der Waals surface area contributed by atoms with Crippen molar-refractivity contribution in [2.24, 2.45) is 0 Å². The molecule has 0 spiro atoms. The van der Waals surface area contributed by atoms with E-state index in [9.17, 15) is 18.0 Å². The molecule has 7 heteroatoms. The Morgan fingerprint density at radius 2 is 2.19 bits per heavy atom. The first-order valence-corrected chi connectivity index (χ1v) is 4.18. The molecule has 0 saturated heterocycles. The van der Waals surface area contributed by atoms with E-state index in [1.807, 2.05) is 0 Å². The maximum atomic E-state index is 12.0. The standard InChI is InChI=1S/C9H5F3N2O2/c10-9(11,12)16-7-3-14-8-5(1-2-13-8)6(7)4-15/h1-4H,(H,13,14). The number of hydrogen-bond acceptors (Lipinski definition) is 3. The lowest BCUT2D eigenvalue weighted by atomic mass is 10.2. The normalized spacial score (nSPS) is 11.7. The van der Waals surface area contributed by atoms with Crippen molar-refractivity contribution in [3.63, 3.8) is 0 Å². The summed E-state index contributed by atoms with van der Waals surface area (Å²) in [5, 5.41) is 0.289. The molecule has 4 nitrogen and oxygen atoms in total. The number of aromatic nitrogens is 2. The van der Waals surface area contributed by atoms with Crippen LogP contribution in [0.1, 0.15) is 10.4 Å². The zero-order valence-electron chi connectivity index (χ0n) is 7.71. The molecule has 2 rings (SSSR count). The van der Waals surface area contributed by atoms with Crippen molar-refractivity contribution in [1.29, 1.82) is 0 Å². The van der Waals surface area contributed by atoms with Crippen molar-refractivity contribution in [1.82, 2.24) is 9.97 Å². The Balaban J connectivity index is 2.56. The molecule has 1 N–H and O–H groups in total. The predicted octanol–water partition coefficient (Wildman–Crippen LogP) is 2.27. The van der Waals surface area contributed by atoms with E-state index in [0.29, 0.717) is 11.9 Å². The van der Waals surface area contributed by atoms with Gasteiger partial charge in [-0.3, -0.25) is 4.79 Å². The van der Waals surface area contributed by atoms with Gasteiger partial charge >= 0.3 is 6.36 Å². The molecule has 0 bridgehead atoms. The highest BCUT2D eigenvalue weighted by Gasteiger charge is 2.32. The molecule has 2 aromatic heterocycles. The van der Waals surface area contributed by atoms with E-state index in [1.165, 1.54) is 12.3 Å². The van der Waals surface area contributed by atoms with E-state index in [1.54, 1.807) is 0 Å². The monoisotopic (exact) mass is 230 g/mol. The summed E-state index contributed by atoms with van der Waals surface area (Å²) < 4.78 is 39.7. The maximum Gasteiger partial charge on any atom is 0.573 e. The molecule has 0 atom stereocenters. The molecule has 16 heavy (non-hydrogen) atoms. The summed E-state index contributed by atoms with van der Waals surface area (Å²) in [6.07, 6.45) is -2.21. The first kappa shape index (κ1) is 10.5. The molecule has 0 aromatic carbocycles. The van der Waals surface area contributed by atoms with Gasteiger partial charge in [-0.2, -0.15) is 0 Å². The number of nitrogens with zero attached hydrogens (tertiary/aromatic N) is 1. The minimum Gasteiger partial charge on any atom is -0.403 e. The lowest BCUT2D eigenvalue weighted by Gasteiger charge is -2.10. The number of aromatic amines is 1. The molecule has 0 radical (unpaired) electrons. The second kappa shape index (κ2) is 3.51. The van der Waals surface area contributed by atoms with Crippen LogP contribution in [0, 0.1) is 0 Å². The molecule has 2 aromatic rings. The summed E-state index contributed by atoms with van der Waals surface area (Å²) >= 11 is 0. The second-order valence-electron chi connectivity index (χ2n) is 2.94. The van der Waals surface area contributed by atoms with Crippen LogP contribution < -0.4 is 4.74 Å². The Morgan fingerprint density at radius 1 is 1.44 bits per heavy atom. The van der Waals surface area contributed by atoms with Crippen LogP contribution in [0.5, 0.6) is 5.75 Å². The molecular formula is C9H5F3N2O2. The molecule has 0 fully saturated rings. The van der Waals surface area contributed by atoms with Crippen molar-refractivity contribution in [3.8, 4) is 5.75 Å². The van der Waals surface area contributed by atoms with Gasteiger partial charge in [0.1, 0.15) is 5.65 Å². The lowest BCUT2D eigenvalue weighted by Crippen LogP contribution is -2.18. The summed E-state index contributed by atoms with van der Waals surface area (Å²) in [6.45, 7) is 0. The minimum absolute atomic E-state index is 0.177. The summed E-state index contributed by atoms with van der Waals surface area (Å²) in [6, 6.07) is 1.45. The molecule has 0 aliphatic carbocycles. The zero-order valence-corrected chi connectivity index (χ0v) is 7.71.